The molecule has 0 amide bonds. The SMILES string of the molecule is CC(C)(N)Cc1ccc(B(O)O)cc1F. The molecule has 0 heterocycles. The fraction of sp³-hybridized carbons (Fsp3) is 0.400. The molecule has 0 fully saturated rings. The third-order valence-corrected chi connectivity index (χ3v) is 2.02. The van der Waals surface area contributed by atoms with E-state index in [-0.39, 0.29) is 5.46 Å². The molecule has 1 aromatic rings. The summed E-state index contributed by atoms with van der Waals surface area (Å²) in [5.74, 6) is -0.459. The number of nitrogens with two attached hydrogens (primary N) is 1. The molecule has 0 aliphatic heterocycles. The van der Waals surface area contributed by atoms with Gasteiger partial charge in [0.15, 0.2) is 0 Å². The molecule has 0 radical (unpaired) electrons. The van der Waals surface area contributed by atoms with Gasteiger partial charge in [0.05, 0.1) is 0 Å². The average molecular weight is 211 g/mol. The van der Waals surface area contributed by atoms with Crippen LogP contribution in [0.1, 0.15) is 19.4 Å². The van der Waals surface area contributed by atoms with Crippen molar-refractivity contribution >= 4 is 12.6 Å². The topological polar surface area (TPSA) is 66.5 Å². The molecule has 0 atom stereocenters. The molecule has 0 aliphatic carbocycles. The molecule has 4 N–H and O–H groups in total. The maximum Gasteiger partial charge on any atom is 0.488 e. The van der Waals surface area contributed by atoms with E-state index in [0.29, 0.717) is 12.0 Å². The largest absolute Gasteiger partial charge is 0.488 e. The van der Waals surface area contributed by atoms with Gasteiger partial charge in [-0.1, -0.05) is 12.1 Å². The molecular formula is C10H15BFNO2. The normalized spacial score (nSPS) is 11.6. The van der Waals surface area contributed by atoms with Crippen molar-refractivity contribution in [2.75, 3.05) is 0 Å². The van der Waals surface area contributed by atoms with Crippen molar-refractivity contribution < 1.29 is 14.4 Å². The Labute approximate surface area is 88.9 Å². The Kier molecular flexibility index (Phi) is 3.49. The standard InChI is InChI=1S/C10H15BFNO2/c1-10(2,13)6-7-3-4-8(11(14)15)5-9(7)12/h3-5,14-15H,6,13H2,1-2H3. The van der Waals surface area contributed by atoms with Gasteiger partial charge in [-0.15, -0.1) is 0 Å². The molecule has 0 saturated carbocycles. The van der Waals surface area contributed by atoms with Crippen LogP contribution in [0.15, 0.2) is 18.2 Å². The van der Waals surface area contributed by atoms with Gasteiger partial charge in [-0.25, -0.2) is 4.39 Å². The summed E-state index contributed by atoms with van der Waals surface area (Å²) in [5.41, 5.74) is 5.91. The zero-order valence-corrected chi connectivity index (χ0v) is 8.87. The lowest BCUT2D eigenvalue weighted by molar-refractivity contribution is 0.425. The number of rotatable bonds is 3. The van der Waals surface area contributed by atoms with E-state index in [1.807, 2.05) is 0 Å². The van der Waals surface area contributed by atoms with Gasteiger partial charge in [-0.05, 0) is 37.4 Å². The van der Waals surface area contributed by atoms with Gasteiger partial charge in [0.25, 0.3) is 0 Å². The molecule has 5 heteroatoms. The summed E-state index contributed by atoms with van der Waals surface area (Å²) in [6.07, 6.45) is 0.403. The van der Waals surface area contributed by atoms with Crippen molar-refractivity contribution in [3.8, 4) is 0 Å². The maximum absolute atomic E-state index is 13.5. The van der Waals surface area contributed by atoms with E-state index in [1.54, 1.807) is 13.8 Å². The van der Waals surface area contributed by atoms with Crippen LogP contribution in [0.5, 0.6) is 0 Å². The van der Waals surface area contributed by atoms with Gasteiger partial charge >= 0.3 is 7.12 Å². The second kappa shape index (κ2) is 4.30. The van der Waals surface area contributed by atoms with Crippen molar-refractivity contribution in [1.82, 2.24) is 0 Å². The van der Waals surface area contributed by atoms with Crippen molar-refractivity contribution in [3.05, 3.63) is 29.6 Å². The summed E-state index contributed by atoms with van der Waals surface area (Å²) in [6, 6.07) is 4.12. The summed E-state index contributed by atoms with van der Waals surface area (Å²) in [6.45, 7) is 3.61. The number of halogens is 1. The first-order valence-electron chi connectivity index (χ1n) is 4.73. The predicted molar refractivity (Wildman–Crippen MR) is 58.2 cm³/mol. The first-order chi connectivity index (χ1) is 6.79. The predicted octanol–water partition coefficient (Wildman–Crippen LogP) is -0.215. The van der Waals surface area contributed by atoms with E-state index < -0.39 is 18.5 Å². The number of hydrogen-bond donors (Lipinski definition) is 3. The van der Waals surface area contributed by atoms with Crippen molar-refractivity contribution in [2.24, 2.45) is 5.73 Å². The van der Waals surface area contributed by atoms with Crippen LogP contribution >= 0.6 is 0 Å². The van der Waals surface area contributed by atoms with E-state index in [2.05, 4.69) is 0 Å². The number of hydrogen-bond acceptors (Lipinski definition) is 3. The Morgan fingerprint density at radius 1 is 1.40 bits per heavy atom. The fourth-order valence-corrected chi connectivity index (χ4v) is 1.36. The van der Waals surface area contributed by atoms with Crippen LogP contribution in [0.3, 0.4) is 0 Å². The lowest BCUT2D eigenvalue weighted by atomic mass is 9.79. The van der Waals surface area contributed by atoms with Gasteiger partial charge in [-0.3, -0.25) is 0 Å². The average Bonchev–Trinajstić information content (AvgIpc) is 2.05. The zero-order valence-electron chi connectivity index (χ0n) is 8.87. The summed E-state index contributed by atoms with van der Waals surface area (Å²) < 4.78 is 13.5. The van der Waals surface area contributed by atoms with E-state index >= 15 is 0 Å². The lowest BCUT2D eigenvalue weighted by Crippen LogP contribution is -2.35. The monoisotopic (exact) mass is 211 g/mol. The molecule has 0 aromatic heterocycles. The highest BCUT2D eigenvalue weighted by atomic mass is 19.1. The van der Waals surface area contributed by atoms with Gasteiger partial charge < -0.3 is 15.8 Å². The molecule has 3 nitrogen and oxygen atoms in total. The minimum atomic E-state index is -1.64. The zero-order chi connectivity index (χ0) is 11.6. The van der Waals surface area contributed by atoms with Gasteiger partial charge in [0.1, 0.15) is 5.82 Å². The molecule has 1 aromatic carbocycles. The molecule has 0 spiro atoms. The highest BCUT2D eigenvalue weighted by molar-refractivity contribution is 6.58. The van der Waals surface area contributed by atoms with Gasteiger partial charge in [-0.2, -0.15) is 0 Å². The molecule has 0 saturated heterocycles. The Hall–Kier alpha value is -0.905. The molecule has 82 valence electrons. The van der Waals surface area contributed by atoms with Crippen LogP contribution in [-0.2, 0) is 6.42 Å². The molecule has 15 heavy (non-hydrogen) atoms. The first-order valence-corrected chi connectivity index (χ1v) is 4.73. The third-order valence-electron chi connectivity index (χ3n) is 2.02. The molecule has 0 bridgehead atoms. The molecule has 0 unspecified atom stereocenters. The lowest BCUT2D eigenvalue weighted by Gasteiger charge is -2.18. The van der Waals surface area contributed by atoms with E-state index in [1.165, 1.54) is 12.1 Å². The summed E-state index contributed by atoms with van der Waals surface area (Å²) >= 11 is 0. The molecular weight excluding hydrogens is 196 g/mol. The maximum atomic E-state index is 13.5. The van der Waals surface area contributed by atoms with Crippen LogP contribution in [0.2, 0.25) is 0 Å². The summed E-state index contributed by atoms with van der Waals surface area (Å²) in [7, 11) is -1.64. The molecule has 1 rings (SSSR count). The van der Waals surface area contributed by atoms with Crippen LogP contribution < -0.4 is 11.2 Å². The van der Waals surface area contributed by atoms with Gasteiger partial charge in [0.2, 0.25) is 0 Å². The Morgan fingerprint density at radius 2 is 2.00 bits per heavy atom. The van der Waals surface area contributed by atoms with E-state index in [9.17, 15) is 4.39 Å². The van der Waals surface area contributed by atoms with Gasteiger partial charge in [0, 0.05) is 5.54 Å². The Bertz CT molecular complexity index is 350. The second-order valence-electron chi connectivity index (χ2n) is 4.39. The smallest absolute Gasteiger partial charge is 0.423 e. The van der Waals surface area contributed by atoms with Crippen molar-refractivity contribution in [1.29, 1.82) is 0 Å². The summed E-state index contributed by atoms with van der Waals surface area (Å²) in [4.78, 5) is 0. The minimum absolute atomic E-state index is 0.145. The third kappa shape index (κ3) is 3.62. The fourth-order valence-electron chi connectivity index (χ4n) is 1.36. The van der Waals surface area contributed by atoms with E-state index in [0.717, 1.165) is 6.07 Å². The highest BCUT2D eigenvalue weighted by Gasteiger charge is 2.17. The minimum Gasteiger partial charge on any atom is -0.423 e. The van der Waals surface area contributed by atoms with Crippen LogP contribution in [0, 0.1) is 5.82 Å². The summed E-state index contributed by atoms with van der Waals surface area (Å²) in [5, 5.41) is 17.7. The van der Waals surface area contributed by atoms with Crippen LogP contribution in [-0.4, -0.2) is 22.7 Å². The van der Waals surface area contributed by atoms with Crippen molar-refractivity contribution in [3.63, 3.8) is 0 Å². The number of benzene rings is 1. The Balaban J connectivity index is 2.94. The van der Waals surface area contributed by atoms with Crippen molar-refractivity contribution in [2.45, 2.75) is 25.8 Å². The quantitative estimate of drug-likeness (QED) is 0.606. The van der Waals surface area contributed by atoms with Crippen LogP contribution in [0.4, 0.5) is 4.39 Å². The highest BCUT2D eigenvalue weighted by Crippen LogP contribution is 2.12. The van der Waals surface area contributed by atoms with E-state index in [4.69, 9.17) is 15.8 Å². The second-order valence-corrected chi connectivity index (χ2v) is 4.39. The first kappa shape index (κ1) is 12.2. The van der Waals surface area contributed by atoms with Crippen LogP contribution in [0.25, 0.3) is 0 Å². The Morgan fingerprint density at radius 3 is 2.40 bits per heavy atom. The molecule has 0 aliphatic rings.